The molecule has 6 rings (SSSR count). The van der Waals surface area contributed by atoms with E-state index < -0.39 is 5.41 Å². The number of carbonyl (C=O) groups excluding carboxylic acids is 2. The molecular formula is C29H31N7O4. The van der Waals surface area contributed by atoms with Crippen molar-refractivity contribution in [1.29, 1.82) is 0 Å². The van der Waals surface area contributed by atoms with Gasteiger partial charge in [0.05, 0.1) is 18.6 Å². The first-order chi connectivity index (χ1) is 19.2. The Morgan fingerprint density at radius 2 is 1.98 bits per heavy atom. The molecule has 0 saturated carbocycles. The predicted octanol–water partition coefficient (Wildman–Crippen LogP) is 2.97. The maximum Gasteiger partial charge on any atom is 0.256 e. The standard InChI is InChI=1S/C29H31N7O4/c1-17-13-32-25(30)24-23(18-5-7-19(8-6-18)27(38)33-22-12-21(37)9-10-31-22)34-26(36(17)24)20-4-3-11-35(14-20)28(39)29(2)15-40-16-29/h5-10,12-13,20H,3-4,11,14-16H2,1-2H3,(H2,30,32)(H2,31,33,37,38)/t20-/m1/s1. The number of nitrogens with two attached hydrogens (primary N) is 1. The first kappa shape index (κ1) is 25.8. The SMILES string of the molecule is Cc1cnc(N)c2c(-c3ccc(C(=O)Nc4cc(=O)cc[nH]4)cc3)nc([C@@H]3CCCN(C(=O)C4(C)COC4)C3)n12. The number of rotatable bonds is 5. The van der Waals surface area contributed by atoms with Gasteiger partial charge in [-0.25, -0.2) is 9.97 Å². The van der Waals surface area contributed by atoms with Gasteiger partial charge < -0.3 is 25.7 Å². The van der Waals surface area contributed by atoms with Crippen molar-refractivity contribution in [3.8, 4) is 11.3 Å². The average molecular weight is 542 g/mol. The first-order valence-corrected chi connectivity index (χ1v) is 13.3. The van der Waals surface area contributed by atoms with Crippen LogP contribution >= 0.6 is 0 Å². The summed E-state index contributed by atoms with van der Waals surface area (Å²) in [5, 5.41) is 2.70. The summed E-state index contributed by atoms with van der Waals surface area (Å²) in [5.74, 6) is 1.34. The zero-order valence-electron chi connectivity index (χ0n) is 22.4. The number of hydrogen-bond acceptors (Lipinski definition) is 7. The fourth-order valence-electron chi connectivity index (χ4n) is 5.57. The largest absolute Gasteiger partial charge is 0.382 e. The van der Waals surface area contributed by atoms with Crippen molar-refractivity contribution in [1.82, 2.24) is 24.3 Å². The van der Waals surface area contributed by atoms with Crippen LogP contribution in [-0.2, 0) is 9.53 Å². The molecule has 2 fully saturated rings. The van der Waals surface area contributed by atoms with E-state index in [1.807, 2.05) is 30.9 Å². The molecule has 40 heavy (non-hydrogen) atoms. The van der Waals surface area contributed by atoms with Crippen molar-refractivity contribution < 1.29 is 14.3 Å². The zero-order chi connectivity index (χ0) is 28.0. The number of nitrogens with zero attached hydrogens (tertiary/aromatic N) is 4. The molecule has 2 aliphatic heterocycles. The molecule has 5 heterocycles. The maximum absolute atomic E-state index is 13.2. The lowest BCUT2D eigenvalue weighted by atomic mass is 9.85. The number of anilines is 2. The summed E-state index contributed by atoms with van der Waals surface area (Å²) in [5.41, 5.74) is 9.23. The van der Waals surface area contributed by atoms with E-state index in [0.29, 0.717) is 48.2 Å². The molecule has 2 amide bonds. The van der Waals surface area contributed by atoms with Crippen molar-refractivity contribution in [3.63, 3.8) is 0 Å². The molecule has 3 aromatic heterocycles. The minimum absolute atomic E-state index is 0.0297. The van der Waals surface area contributed by atoms with Gasteiger partial charge in [-0.3, -0.25) is 18.8 Å². The Bertz CT molecular complexity index is 1670. The number of aromatic nitrogens is 4. The van der Waals surface area contributed by atoms with Gasteiger partial charge in [0, 0.05) is 60.4 Å². The van der Waals surface area contributed by atoms with Crippen LogP contribution in [0.2, 0.25) is 0 Å². The van der Waals surface area contributed by atoms with Gasteiger partial charge in [-0.15, -0.1) is 0 Å². The van der Waals surface area contributed by atoms with E-state index in [1.54, 1.807) is 18.3 Å². The summed E-state index contributed by atoms with van der Waals surface area (Å²) in [6.45, 7) is 6.16. The van der Waals surface area contributed by atoms with Crippen LogP contribution in [-0.4, -0.2) is 62.4 Å². The average Bonchev–Trinajstić information content (AvgIpc) is 3.36. The second-order valence-electron chi connectivity index (χ2n) is 10.9. The Balaban J connectivity index is 1.32. The first-order valence-electron chi connectivity index (χ1n) is 13.3. The van der Waals surface area contributed by atoms with Gasteiger partial charge in [0.15, 0.2) is 5.43 Å². The molecule has 0 bridgehead atoms. The lowest BCUT2D eigenvalue weighted by Crippen LogP contribution is -2.55. The van der Waals surface area contributed by atoms with Gasteiger partial charge >= 0.3 is 0 Å². The molecule has 4 aromatic rings. The van der Waals surface area contributed by atoms with Crippen molar-refractivity contribution in [2.24, 2.45) is 5.41 Å². The number of ether oxygens (including phenoxy) is 1. The lowest BCUT2D eigenvalue weighted by Gasteiger charge is -2.42. The van der Waals surface area contributed by atoms with E-state index in [-0.39, 0.29) is 23.2 Å². The highest BCUT2D eigenvalue weighted by Gasteiger charge is 2.44. The number of imidazole rings is 1. The number of carbonyl (C=O) groups is 2. The Kier molecular flexibility index (Phi) is 6.38. The van der Waals surface area contributed by atoms with Crippen LogP contribution in [0.3, 0.4) is 0 Å². The van der Waals surface area contributed by atoms with E-state index in [2.05, 4.69) is 19.7 Å². The smallest absolute Gasteiger partial charge is 0.256 e. The molecule has 1 aromatic carbocycles. The molecule has 0 radical (unpaired) electrons. The quantitative estimate of drug-likeness (QED) is 0.352. The van der Waals surface area contributed by atoms with Crippen LogP contribution in [0.15, 0.2) is 53.6 Å². The third-order valence-corrected chi connectivity index (χ3v) is 7.76. The van der Waals surface area contributed by atoms with Crippen molar-refractivity contribution >= 4 is 29.0 Å². The number of hydrogen-bond donors (Lipinski definition) is 3. The van der Waals surface area contributed by atoms with Gasteiger partial charge in [-0.1, -0.05) is 12.1 Å². The summed E-state index contributed by atoms with van der Waals surface area (Å²) in [6, 6.07) is 9.76. The third kappa shape index (κ3) is 4.51. The second-order valence-corrected chi connectivity index (χ2v) is 10.9. The summed E-state index contributed by atoms with van der Waals surface area (Å²) in [6.07, 6.45) is 5.00. The summed E-state index contributed by atoms with van der Waals surface area (Å²) in [4.78, 5) is 51.8. The molecule has 0 aliphatic carbocycles. The van der Waals surface area contributed by atoms with Crippen LogP contribution in [0, 0.1) is 12.3 Å². The van der Waals surface area contributed by atoms with Crippen molar-refractivity contribution in [3.05, 3.63) is 76.1 Å². The molecule has 2 aliphatic rings. The number of aromatic amines is 1. The van der Waals surface area contributed by atoms with Crippen molar-refractivity contribution in [2.75, 3.05) is 37.4 Å². The van der Waals surface area contributed by atoms with E-state index in [9.17, 15) is 14.4 Å². The van der Waals surface area contributed by atoms with Crippen LogP contribution in [0.1, 0.15) is 47.6 Å². The van der Waals surface area contributed by atoms with Crippen molar-refractivity contribution in [2.45, 2.75) is 32.6 Å². The fraction of sp³-hybridized carbons (Fsp3) is 0.345. The number of benzene rings is 1. The van der Waals surface area contributed by atoms with E-state index in [1.165, 1.54) is 18.3 Å². The number of amides is 2. The highest BCUT2D eigenvalue weighted by molar-refractivity contribution is 6.04. The highest BCUT2D eigenvalue weighted by Crippen LogP contribution is 2.37. The number of fused-ring (bicyclic) bond motifs is 1. The molecule has 0 unspecified atom stereocenters. The Morgan fingerprint density at radius 3 is 2.67 bits per heavy atom. The number of likely N-dealkylation sites (tertiary alicyclic amines) is 1. The number of piperidine rings is 1. The summed E-state index contributed by atoms with van der Waals surface area (Å²) in [7, 11) is 0. The molecular weight excluding hydrogens is 510 g/mol. The summed E-state index contributed by atoms with van der Waals surface area (Å²) >= 11 is 0. The number of H-pyrrole nitrogens is 1. The normalized spacial score (nSPS) is 18.4. The topological polar surface area (TPSA) is 148 Å². The second kappa shape index (κ2) is 9.91. The van der Waals surface area contributed by atoms with Gasteiger partial charge in [-0.05, 0) is 38.8 Å². The molecule has 206 valence electrons. The molecule has 0 spiro atoms. The molecule has 1 atom stereocenters. The van der Waals surface area contributed by atoms with Crippen LogP contribution in [0.5, 0.6) is 0 Å². The Hall–Kier alpha value is -4.51. The van der Waals surface area contributed by atoms with E-state index in [0.717, 1.165) is 36.5 Å². The number of nitrogens with one attached hydrogen (secondary N) is 2. The molecule has 11 nitrogen and oxygen atoms in total. The van der Waals surface area contributed by atoms with E-state index in [4.69, 9.17) is 15.5 Å². The number of pyridine rings is 1. The number of aryl methyl sites for hydroxylation is 1. The van der Waals surface area contributed by atoms with Gasteiger partial charge in [0.1, 0.15) is 28.7 Å². The molecule has 4 N–H and O–H groups in total. The molecule has 11 heteroatoms. The monoisotopic (exact) mass is 541 g/mol. The summed E-state index contributed by atoms with van der Waals surface area (Å²) < 4.78 is 7.39. The predicted molar refractivity (Wildman–Crippen MR) is 150 cm³/mol. The van der Waals surface area contributed by atoms with Gasteiger partial charge in [0.25, 0.3) is 5.91 Å². The third-order valence-electron chi connectivity index (χ3n) is 7.76. The minimum Gasteiger partial charge on any atom is -0.382 e. The Morgan fingerprint density at radius 1 is 1.20 bits per heavy atom. The maximum atomic E-state index is 13.2. The minimum atomic E-state index is -0.449. The zero-order valence-corrected chi connectivity index (χ0v) is 22.4. The lowest BCUT2D eigenvalue weighted by molar-refractivity contribution is -0.169. The highest BCUT2D eigenvalue weighted by atomic mass is 16.5. The Labute approximate surface area is 230 Å². The number of nitrogen functional groups attached to an aromatic ring is 1. The molecule has 2 saturated heterocycles. The van der Waals surface area contributed by atoms with Gasteiger partial charge in [-0.2, -0.15) is 0 Å². The van der Waals surface area contributed by atoms with E-state index >= 15 is 0 Å². The van der Waals surface area contributed by atoms with Crippen LogP contribution in [0.4, 0.5) is 11.6 Å². The van der Waals surface area contributed by atoms with Crippen LogP contribution in [0.25, 0.3) is 16.8 Å². The fourth-order valence-corrected chi connectivity index (χ4v) is 5.57. The van der Waals surface area contributed by atoms with Gasteiger partial charge in [0.2, 0.25) is 5.91 Å². The van der Waals surface area contributed by atoms with Crippen LogP contribution < -0.4 is 16.5 Å².